The Balaban J connectivity index is 0.000000119. The topological polar surface area (TPSA) is 301 Å². The molecule has 2 unspecified atom stereocenters. The molecule has 2 aliphatic heterocycles. The second-order valence-electron chi connectivity index (χ2n) is 29.3. The average molecular weight is 1540 g/mol. The van der Waals surface area contributed by atoms with Gasteiger partial charge in [0, 0.05) is 91.4 Å². The highest BCUT2D eigenvalue weighted by molar-refractivity contribution is 9.10. The van der Waals surface area contributed by atoms with Crippen molar-refractivity contribution in [2.24, 2.45) is 29.4 Å². The molecular weight excluding hydrogens is 1440 g/mol. The number of nitrogens with one attached hydrogen (secondary N) is 7. The van der Waals surface area contributed by atoms with Crippen molar-refractivity contribution >= 4 is 155 Å². The van der Waals surface area contributed by atoms with Gasteiger partial charge in [-0.15, -0.1) is 57.8 Å². The molecule has 13 N–H and O–H groups in total. The largest absolute Gasteiger partial charge is 0.384 e. The van der Waals surface area contributed by atoms with E-state index in [1.54, 1.807) is 57.7 Å². The Labute approximate surface area is 625 Å². The van der Waals surface area contributed by atoms with Crippen molar-refractivity contribution in [1.82, 2.24) is 59.9 Å². The average Bonchev–Trinajstić information content (AvgIpc) is 1.64. The number of rotatable bonds is 18. The van der Waals surface area contributed by atoms with E-state index in [0.717, 1.165) is 190 Å². The minimum atomic E-state index is -0.0375. The second-order valence-corrected chi connectivity index (χ2v) is 34.4. The number of hydrogen-bond acceptors (Lipinski definition) is 22. The summed E-state index contributed by atoms with van der Waals surface area (Å²) in [6.45, 7) is 18.5. The van der Waals surface area contributed by atoms with E-state index in [-0.39, 0.29) is 35.9 Å². The highest BCUT2D eigenvalue weighted by Crippen LogP contribution is 2.44. The Kier molecular flexibility index (Phi) is 23.1. The van der Waals surface area contributed by atoms with Crippen molar-refractivity contribution in [3.05, 3.63) is 102 Å². The van der Waals surface area contributed by atoms with Crippen LogP contribution in [0.4, 0.5) is 40.3 Å². The quantitative estimate of drug-likeness (QED) is 0.0382. The number of nitrogens with zero attached hydrogens (tertiary/aromatic N) is 10. The predicted octanol–water partition coefficient (Wildman–Crippen LogP) is 18.7. The van der Waals surface area contributed by atoms with Gasteiger partial charge in [0.15, 0.2) is 12.5 Å². The van der Waals surface area contributed by atoms with Gasteiger partial charge in [-0.05, 0) is 232 Å². The molecule has 12 aromatic rings. The van der Waals surface area contributed by atoms with Crippen LogP contribution in [-0.4, -0.2) is 110 Å². The zero-order valence-electron chi connectivity index (χ0n) is 58.8. The molecule has 12 aromatic heterocycles. The number of aromatic nitrogens is 12. The first-order valence-electron chi connectivity index (χ1n) is 35.6. The van der Waals surface area contributed by atoms with E-state index in [1.165, 1.54) is 79.5 Å². The molecular formula is C74H94BrClN20O2S4. The van der Waals surface area contributed by atoms with Gasteiger partial charge >= 0.3 is 0 Å². The van der Waals surface area contributed by atoms with Gasteiger partial charge in [0.1, 0.15) is 23.3 Å². The summed E-state index contributed by atoms with van der Waals surface area (Å²) < 4.78 is 21.7. The number of H-pyrrole nitrogens is 2. The molecule has 22 nitrogen and oxygen atoms in total. The predicted molar refractivity (Wildman–Crippen MR) is 430 cm³/mol. The minimum absolute atomic E-state index is 0. The fourth-order valence-electron chi connectivity index (χ4n) is 12.1. The Morgan fingerprint density at radius 1 is 0.480 bits per heavy atom. The number of halogens is 2. The molecule has 6 aliphatic rings. The maximum absolute atomic E-state index is 6.00. The molecule has 14 heterocycles. The third-order valence-corrected chi connectivity index (χ3v) is 23.6. The van der Waals surface area contributed by atoms with Crippen molar-refractivity contribution in [3.8, 4) is 42.3 Å². The maximum atomic E-state index is 6.00. The van der Waals surface area contributed by atoms with Gasteiger partial charge in [0.05, 0.1) is 100 Å². The fraction of sp³-hybridized carbons (Fsp3) is 0.459. The van der Waals surface area contributed by atoms with Crippen LogP contribution in [0.3, 0.4) is 0 Å². The minimum Gasteiger partial charge on any atom is -0.384 e. The lowest BCUT2D eigenvalue weighted by molar-refractivity contribution is -0.0384. The Hall–Kier alpha value is -7.47. The van der Waals surface area contributed by atoms with Gasteiger partial charge in [-0.1, -0.05) is 0 Å². The number of pyridine rings is 4. The number of nitrogens with two attached hydrogens (primary N) is 3. The number of hydrogen-bond donors (Lipinski definition) is 10. The summed E-state index contributed by atoms with van der Waals surface area (Å²) in [5.74, 6) is 6.30. The number of anilines is 7. The van der Waals surface area contributed by atoms with Crippen LogP contribution in [-0.2, 0) is 9.47 Å². The van der Waals surface area contributed by atoms with E-state index in [9.17, 15) is 0 Å². The van der Waals surface area contributed by atoms with Crippen molar-refractivity contribution in [2.75, 3.05) is 77.4 Å². The third kappa shape index (κ3) is 19.1. The van der Waals surface area contributed by atoms with Gasteiger partial charge in [-0.25, -0.2) is 29.3 Å². The van der Waals surface area contributed by atoms with Crippen LogP contribution in [0.1, 0.15) is 144 Å². The second kappa shape index (κ2) is 32.3. The van der Waals surface area contributed by atoms with Crippen LogP contribution in [0.2, 0.25) is 0 Å². The van der Waals surface area contributed by atoms with Crippen LogP contribution < -0.4 is 43.8 Å². The summed E-state index contributed by atoms with van der Waals surface area (Å²) in [6, 6.07) is 24.6. The lowest BCUT2D eigenvalue weighted by atomic mass is 10.1. The number of aromatic amines is 2. The molecule has 2 atom stereocenters. The number of ether oxygens (including phenoxy) is 2. The molecule has 2 saturated heterocycles. The zero-order valence-corrected chi connectivity index (χ0v) is 64.5. The van der Waals surface area contributed by atoms with E-state index in [4.69, 9.17) is 36.6 Å². The summed E-state index contributed by atoms with van der Waals surface area (Å²) in [5, 5.41) is 40.8. The van der Waals surface area contributed by atoms with Gasteiger partial charge in [-0.3, -0.25) is 10.2 Å². The number of thiophene rings is 4. The third-order valence-electron chi connectivity index (χ3n) is 18.0. The highest BCUT2D eigenvalue weighted by Gasteiger charge is 2.28. The van der Waals surface area contributed by atoms with Crippen molar-refractivity contribution in [1.29, 1.82) is 0 Å². The summed E-state index contributed by atoms with van der Waals surface area (Å²) in [5.41, 5.74) is 28.5. The zero-order chi connectivity index (χ0) is 69.8. The van der Waals surface area contributed by atoms with Crippen LogP contribution in [0, 0.1) is 23.7 Å². The molecule has 540 valence electrons. The Morgan fingerprint density at radius 3 is 1.25 bits per heavy atom. The highest BCUT2D eigenvalue weighted by atomic mass is 79.9. The van der Waals surface area contributed by atoms with E-state index in [2.05, 4.69) is 178 Å². The van der Waals surface area contributed by atoms with E-state index >= 15 is 0 Å². The summed E-state index contributed by atoms with van der Waals surface area (Å²) in [4.78, 5) is 23.2. The molecule has 0 bridgehead atoms. The van der Waals surface area contributed by atoms with Gasteiger partial charge in [0.25, 0.3) is 0 Å². The SMILES string of the molecule is CC(C)(C)Nc1cc(Br)c2sc(-c3ccnn3C3CCCCO3)cc2n1.CC(C)(C)Nc1cc(NCC2CC2)c2sc(-c3ccnn3C3CCCCO3)cc2n1.Cl.NCC1CC1.Nc1cc(NCC2CC2)c2sc(-c3ccn[nH]3)cc2n1.Nc1cc(NCC2CC2)c2sc(-c3ccn[nH]3)cc2n1. The molecule has 0 radical (unpaired) electrons. The monoisotopic (exact) mass is 1540 g/mol. The molecule has 102 heavy (non-hydrogen) atoms. The Bertz CT molecular complexity index is 4580. The molecule has 4 saturated carbocycles. The van der Waals surface area contributed by atoms with Crippen molar-refractivity contribution in [2.45, 2.75) is 155 Å². The molecule has 6 fully saturated rings. The van der Waals surface area contributed by atoms with Crippen LogP contribution in [0.5, 0.6) is 0 Å². The van der Waals surface area contributed by atoms with Gasteiger partial charge < -0.3 is 53.3 Å². The van der Waals surface area contributed by atoms with E-state index in [0.29, 0.717) is 11.6 Å². The summed E-state index contributed by atoms with van der Waals surface area (Å²) >= 11 is 10.7. The van der Waals surface area contributed by atoms with Gasteiger partial charge in [-0.2, -0.15) is 20.4 Å². The summed E-state index contributed by atoms with van der Waals surface area (Å²) in [7, 11) is 0. The van der Waals surface area contributed by atoms with Crippen molar-refractivity contribution in [3.63, 3.8) is 0 Å². The lowest BCUT2D eigenvalue weighted by Gasteiger charge is -2.24. The fourth-order valence-corrected chi connectivity index (χ4v) is 17.0. The normalized spacial score (nSPS) is 17.5. The molecule has 28 heteroatoms. The Morgan fingerprint density at radius 2 is 0.873 bits per heavy atom. The van der Waals surface area contributed by atoms with Crippen LogP contribution >= 0.6 is 73.7 Å². The number of fused-ring (bicyclic) bond motifs is 4. The van der Waals surface area contributed by atoms with E-state index in [1.807, 2.05) is 41.3 Å². The standard InChI is InChI=1S/C23H31N5OS.C19H23BrN4OS.2C14H15N5S.C4H9N.ClH/c1-23(2,3)27-20-13-16(24-14-15-7-8-15)22-17(26-20)12-19(30-22)18-9-10-25-28(18)21-6-4-5-11-29-21;1-19(2,3)23-16-10-12(20)18-13(22-16)11-15(26-18)14-7-8-21-24(14)17-6-4-5-9-25-17;2*15-13-6-10(16-7-8-1-2-8)14-11(18-13)5-12(20-14)9-3-4-17-19-9;5-3-4-1-2-4;/h9-10,12-13,15,21H,4-8,11,14H2,1-3H3,(H2,24,26,27);7-8,10-11,17H,4-6,9H2,1-3H3,(H,22,23);2*3-6,8H,1-2,7H2,(H,17,19)(H3,15,16,18);4H,1-3,5H2;1H. The molecule has 0 spiro atoms. The van der Waals surface area contributed by atoms with Crippen LogP contribution in [0.25, 0.3) is 83.2 Å². The lowest BCUT2D eigenvalue weighted by Crippen LogP contribution is -2.26. The first kappa shape index (κ1) is 72.9. The molecule has 18 rings (SSSR count). The first-order chi connectivity index (χ1) is 48.9. The first-order valence-corrected chi connectivity index (χ1v) is 39.7. The van der Waals surface area contributed by atoms with E-state index < -0.39 is 0 Å². The molecule has 0 aromatic carbocycles. The number of nitrogen functional groups attached to an aromatic ring is 2. The van der Waals surface area contributed by atoms with Gasteiger partial charge in [0.2, 0.25) is 0 Å². The molecule has 4 aliphatic carbocycles. The maximum Gasteiger partial charge on any atom is 0.150 e. The summed E-state index contributed by atoms with van der Waals surface area (Å²) in [6.07, 6.45) is 24.8. The van der Waals surface area contributed by atoms with Crippen molar-refractivity contribution < 1.29 is 9.47 Å². The molecule has 0 amide bonds. The smallest absolute Gasteiger partial charge is 0.150 e. The van der Waals surface area contributed by atoms with Crippen LogP contribution in [0.15, 0.2) is 102 Å².